The van der Waals surface area contributed by atoms with Crippen LogP contribution in [0.2, 0.25) is 0 Å². The zero-order valence-corrected chi connectivity index (χ0v) is 30.9. The van der Waals surface area contributed by atoms with Gasteiger partial charge in [0, 0.05) is 35.5 Å². The Balaban J connectivity index is 1.39. The number of thioether (sulfide) groups is 2. The molecule has 0 aliphatic carbocycles. The molecule has 0 bridgehead atoms. The van der Waals surface area contributed by atoms with E-state index in [2.05, 4.69) is 35.8 Å². The average Bonchev–Trinajstić information content (AvgIpc) is 3.61. The van der Waals surface area contributed by atoms with Gasteiger partial charge in [-0.25, -0.2) is 0 Å². The molecule has 0 aromatic rings. The second-order valence-electron chi connectivity index (χ2n) is 13.7. The molecule has 4 aliphatic rings. The van der Waals surface area contributed by atoms with Gasteiger partial charge in [0.2, 0.25) is 0 Å². The van der Waals surface area contributed by atoms with Crippen molar-refractivity contribution in [3.63, 3.8) is 0 Å². The van der Waals surface area contributed by atoms with Crippen LogP contribution in [0.4, 0.5) is 0 Å². The van der Waals surface area contributed by atoms with Crippen molar-refractivity contribution in [2.45, 2.75) is 111 Å². The topological polar surface area (TPSA) is 40.6 Å². The predicted octanol–water partition coefficient (Wildman–Crippen LogP) is 9.25. The minimum absolute atomic E-state index is 0.221. The maximum absolute atomic E-state index is 12.9. The number of rotatable bonds is 16. The molecule has 0 spiro atoms. The van der Waals surface area contributed by atoms with Crippen LogP contribution in [-0.4, -0.2) is 59.5 Å². The van der Waals surface area contributed by atoms with E-state index in [1.165, 1.54) is 9.81 Å². The normalized spacial score (nSPS) is 23.3. The molecular formula is C33H46N2O2S6. The molecule has 2 fully saturated rings. The van der Waals surface area contributed by atoms with Crippen LogP contribution in [0.15, 0.2) is 22.0 Å². The van der Waals surface area contributed by atoms with E-state index in [1.54, 1.807) is 0 Å². The Labute approximate surface area is 289 Å². The first-order valence-electron chi connectivity index (χ1n) is 15.8. The number of thiocarbonyl (C=S) groups is 4. The van der Waals surface area contributed by atoms with Gasteiger partial charge in [0.1, 0.15) is 28.2 Å². The molecule has 4 aliphatic heterocycles. The Morgan fingerprint density at radius 3 is 1.84 bits per heavy atom. The number of unbranched alkanes of at least 4 members (excludes halogenated alkanes) is 4. The molecule has 0 saturated carbocycles. The van der Waals surface area contributed by atoms with E-state index in [-0.39, 0.29) is 28.8 Å². The Morgan fingerprint density at radius 2 is 1.30 bits per heavy atom. The van der Waals surface area contributed by atoms with Crippen molar-refractivity contribution < 1.29 is 9.59 Å². The fourth-order valence-electron chi connectivity index (χ4n) is 6.57. The lowest BCUT2D eigenvalue weighted by Gasteiger charge is -2.52. The van der Waals surface area contributed by atoms with Gasteiger partial charge < -0.3 is 14.6 Å². The molecule has 0 radical (unpaired) electrons. The van der Waals surface area contributed by atoms with Crippen molar-refractivity contribution in [1.29, 1.82) is 0 Å². The van der Waals surface area contributed by atoms with E-state index in [4.69, 9.17) is 48.9 Å². The van der Waals surface area contributed by atoms with Gasteiger partial charge in [-0.2, -0.15) is 0 Å². The van der Waals surface area contributed by atoms with E-state index in [0.29, 0.717) is 18.6 Å². The number of hydrogen-bond donors (Lipinski definition) is 0. The first-order valence-corrected chi connectivity index (χ1v) is 19.4. The third kappa shape index (κ3) is 8.64. The molecular weight excluding hydrogens is 649 g/mol. The summed E-state index contributed by atoms with van der Waals surface area (Å²) in [5, 5.41) is 0. The summed E-state index contributed by atoms with van der Waals surface area (Å²) in [5.74, 6) is 2.92. The minimum atomic E-state index is -0.286. The highest BCUT2D eigenvalue weighted by Gasteiger charge is 2.49. The van der Waals surface area contributed by atoms with Crippen LogP contribution < -0.4 is 0 Å². The number of hydrogen-bond acceptors (Lipinski definition) is 8. The molecule has 43 heavy (non-hydrogen) atoms. The molecule has 0 amide bonds. The average molecular weight is 695 g/mol. The lowest BCUT2D eigenvalue weighted by atomic mass is 9.80. The molecule has 4 rings (SSSR count). The van der Waals surface area contributed by atoms with E-state index in [9.17, 15) is 9.59 Å². The van der Waals surface area contributed by atoms with Crippen LogP contribution in [0.3, 0.4) is 0 Å². The van der Waals surface area contributed by atoms with Gasteiger partial charge in [-0.15, -0.1) is 23.5 Å². The SMILES string of the molecule is CC(C)(C=O)CCCCCCCC(=O)CCCC(C)(C)C(N1C(=S)C=C2SCCC2C1=S)N1C(=S)C=C2SCCC2C1=S. The molecule has 4 nitrogen and oxygen atoms in total. The third-order valence-corrected chi connectivity index (χ3v) is 13.1. The zero-order chi connectivity index (χ0) is 31.4. The Hall–Kier alpha value is -0.520. The summed E-state index contributed by atoms with van der Waals surface area (Å²) in [5.41, 5.74) is -0.507. The van der Waals surface area contributed by atoms with Crippen molar-refractivity contribution in [2.24, 2.45) is 22.7 Å². The van der Waals surface area contributed by atoms with Crippen LogP contribution in [0.1, 0.15) is 105 Å². The molecule has 0 aromatic carbocycles. The smallest absolute Gasteiger partial charge is 0.132 e. The second-order valence-corrected chi connectivity index (χ2v) is 17.7. The standard InChI is InChI=1S/C33H46N2O2S6/c1-32(2,21-36)15-9-7-5-6-8-11-22(37)12-10-16-33(3,4)31(34-27(38)19-25-23(29(34)40)13-17-42-25)35-28(39)20-26-24(30(35)41)14-18-43-26/h19-21,23-24,31H,5-18H2,1-4H3. The van der Waals surface area contributed by atoms with Crippen LogP contribution in [0.5, 0.6) is 0 Å². The zero-order valence-electron chi connectivity index (χ0n) is 26.0. The monoisotopic (exact) mass is 694 g/mol. The minimum Gasteiger partial charge on any atom is -0.304 e. The maximum atomic E-state index is 12.9. The van der Waals surface area contributed by atoms with Gasteiger partial charge in [-0.1, -0.05) is 102 Å². The third-order valence-electron chi connectivity index (χ3n) is 9.18. The van der Waals surface area contributed by atoms with Crippen LogP contribution in [0, 0.1) is 22.7 Å². The van der Waals surface area contributed by atoms with Crippen molar-refractivity contribution in [3.8, 4) is 0 Å². The second kappa shape index (κ2) is 15.4. The number of carbonyl (C=O) groups excluding carboxylic acids is 2. The van der Waals surface area contributed by atoms with Crippen molar-refractivity contribution in [1.82, 2.24) is 9.80 Å². The molecule has 4 heterocycles. The Bertz CT molecular complexity index is 1150. The quantitative estimate of drug-likeness (QED) is 0.0887. The number of aldehydes is 1. The van der Waals surface area contributed by atoms with Crippen molar-refractivity contribution in [3.05, 3.63) is 22.0 Å². The van der Waals surface area contributed by atoms with E-state index >= 15 is 0 Å². The molecule has 2 atom stereocenters. The summed E-state index contributed by atoms with van der Waals surface area (Å²) in [6, 6.07) is 0. The summed E-state index contributed by atoms with van der Waals surface area (Å²) >= 11 is 28.1. The van der Waals surface area contributed by atoms with Gasteiger partial charge in [-0.3, -0.25) is 4.79 Å². The van der Waals surface area contributed by atoms with E-state index in [0.717, 1.165) is 102 Å². The van der Waals surface area contributed by atoms with Crippen molar-refractivity contribution in [2.75, 3.05) is 11.5 Å². The molecule has 2 unspecified atom stereocenters. The molecule has 2 saturated heterocycles. The summed E-state index contributed by atoms with van der Waals surface area (Å²) in [6.07, 6.45) is 16.3. The highest BCUT2D eigenvalue weighted by atomic mass is 32.2. The maximum Gasteiger partial charge on any atom is 0.132 e. The number of nitrogens with zero attached hydrogens (tertiary/aromatic N) is 2. The summed E-state index contributed by atoms with van der Waals surface area (Å²) in [6.45, 7) is 8.51. The largest absolute Gasteiger partial charge is 0.304 e. The molecule has 0 N–H and O–H groups in total. The highest BCUT2D eigenvalue weighted by molar-refractivity contribution is 8.03. The molecule has 236 valence electrons. The summed E-state index contributed by atoms with van der Waals surface area (Å²) < 4.78 is 0. The van der Waals surface area contributed by atoms with Gasteiger partial charge in [-0.05, 0) is 72.0 Å². The fraction of sp³-hybridized carbons (Fsp3) is 0.697. The lowest BCUT2D eigenvalue weighted by Crippen LogP contribution is -2.64. The fourth-order valence-corrected chi connectivity index (χ4v) is 10.9. The summed E-state index contributed by atoms with van der Waals surface area (Å²) in [7, 11) is 0. The van der Waals surface area contributed by atoms with E-state index in [1.807, 2.05) is 37.4 Å². The predicted molar refractivity (Wildman–Crippen MR) is 200 cm³/mol. The number of fused-ring (bicyclic) bond motifs is 2. The number of ketones is 1. The van der Waals surface area contributed by atoms with Crippen LogP contribution in [-0.2, 0) is 9.59 Å². The van der Waals surface area contributed by atoms with Gasteiger partial charge in [0.25, 0.3) is 0 Å². The van der Waals surface area contributed by atoms with Crippen molar-refractivity contribution >= 4 is 104 Å². The Kier molecular flexibility index (Phi) is 12.6. The highest BCUT2D eigenvalue weighted by Crippen LogP contribution is 2.47. The molecule has 10 heteroatoms. The number of Topliss-reactive ketones (excluding diaryl/α,β-unsaturated/α-hetero) is 1. The molecule has 0 aromatic heterocycles. The van der Waals surface area contributed by atoms with Gasteiger partial charge in [0.15, 0.2) is 0 Å². The van der Waals surface area contributed by atoms with Gasteiger partial charge >= 0.3 is 0 Å². The number of carbonyl (C=O) groups is 2. The summed E-state index contributed by atoms with van der Waals surface area (Å²) in [4.78, 5) is 34.1. The Morgan fingerprint density at radius 1 is 0.814 bits per heavy atom. The van der Waals surface area contributed by atoms with Crippen LogP contribution in [0.25, 0.3) is 0 Å². The van der Waals surface area contributed by atoms with Crippen LogP contribution >= 0.6 is 72.4 Å². The lowest BCUT2D eigenvalue weighted by molar-refractivity contribution is -0.119. The first-order chi connectivity index (χ1) is 20.4. The first kappa shape index (κ1) is 35.3. The van der Waals surface area contributed by atoms with Gasteiger partial charge in [0.05, 0.1) is 9.98 Å². The van der Waals surface area contributed by atoms with E-state index < -0.39 is 0 Å².